The number of carbonyl (C=O) groups excluding carboxylic acids is 3. The molecule has 0 saturated carbocycles. The summed E-state index contributed by atoms with van der Waals surface area (Å²) in [4.78, 5) is 34.9. The van der Waals surface area contributed by atoms with Crippen LogP contribution in [0, 0.1) is 5.41 Å². The third-order valence-electron chi connectivity index (χ3n) is 5.58. The summed E-state index contributed by atoms with van der Waals surface area (Å²) in [7, 11) is 0. The molecule has 3 aromatic carbocycles. The second kappa shape index (κ2) is 10.9. The van der Waals surface area contributed by atoms with E-state index in [0.29, 0.717) is 36.1 Å². The molecule has 0 saturated heterocycles. The first-order valence-electron chi connectivity index (χ1n) is 10.1. The smallest absolute Gasteiger partial charge is 0.293 e. The van der Waals surface area contributed by atoms with Gasteiger partial charge in [-0.15, -0.1) is 0 Å². The van der Waals surface area contributed by atoms with E-state index in [4.69, 9.17) is 14.2 Å². The molecule has 0 amide bonds. The van der Waals surface area contributed by atoms with Gasteiger partial charge in [-0.2, -0.15) is 0 Å². The van der Waals surface area contributed by atoms with Crippen molar-refractivity contribution in [2.45, 2.75) is 25.2 Å². The highest BCUT2D eigenvalue weighted by Gasteiger charge is 2.54. The van der Waals surface area contributed by atoms with E-state index in [0.717, 1.165) is 0 Å². The first kappa shape index (κ1) is 22.7. The normalized spacial score (nSPS) is 15.3. The Hall–Kier alpha value is -3.93. The summed E-state index contributed by atoms with van der Waals surface area (Å²) >= 11 is 0. The van der Waals surface area contributed by atoms with Crippen molar-refractivity contribution in [2.75, 3.05) is 0 Å². The van der Waals surface area contributed by atoms with Crippen LogP contribution in [0.15, 0.2) is 91.0 Å². The van der Waals surface area contributed by atoms with Crippen LogP contribution in [0.1, 0.15) is 41.9 Å². The summed E-state index contributed by atoms with van der Waals surface area (Å²) in [6, 6.07) is 27.2. The van der Waals surface area contributed by atoms with Gasteiger partial charge < -0.3 is 14.2 Å². The van der Waals surface area contributed by atoms with Crippen LogP contribution in [0.4, 0.5) is 0 Å². The van der Waals surface area contributed by atoms with E-state index in [-0.39, 0.29) is 0 Å². The fourth-order valence-corrected chi connectivity index (χ4v) is 4.22. The summed E-state index contributed by atoms with van der Waals surface area (Å²) in [6.07, 6.45) is -2.76. The second-order valence-electron chi connectivity index (χ2n) is 7.44. The minimum absolute atomic E-state index is 0.349. The molecule has 0 aliphatic rings. The first-order chi connectivity index (χ1) is 15.7. The molecule has 32 heavy (non-hydrogen) atoms. The van der Waals surface area contributed by atoms with Crippen LogP contribution >= 0.6 is 0 Å². The van der Waals surface area contributed by atoms with Crippen LogP contribution in [-0.2, 0) is 28.6 Å². The summed E-state index contributed by atoms with van der Waals surface area (Å²) in [6.45, 7) is 2.82. The van der Waals surface area contributed by atoms with E-state index in [1.165, 1.54) is 0 Å². The molecule has 6 nitrogen and oxygen atoms in total. The number of hydrogen-bond acceptors (Lipinski definition) is 6. The highest BCUT2D eigenvalue weighted by molar-refractivity contribution is 5.44. The Morgan fingerprint density at radius 3 is 1.00 bits per heavy atom. The lowest BCUT2D eigenvalue weighted by atomic mass is 9.67. The molecule has 0 bridgehead atoms. The molecule has 3 aromatic rings. The summed E-state index contributed by atoms with van der Waals surface area (Å²) in [5, 5.41) is 0. The predicted molar refractivity (Wildman–Crippen MR) is 117 cm³/mol. The van der Waals surface area contributed by atoms with Crippen molar-refractivity contribution < 1.29 is 28.6 Å². The van der Waals surface area contributed by atoms with E-state index in [1.807, 2.05) is 54.6 Å². The third-order valence-corrected chi connectivity index (χ3v) is 5.58. The molecular formula is C26H24O6. The van der Waals surface area contributed by atoms with Gasteiger partial charge in [-0.3, -0.25) is 14.4 Å². The number of rotatable bonds is 12. The van der Waals surface area contributed by atoms with Gasteiger partial charge in [-0.25, -0.2) is 0 Å². The molecule has 0 aliphatic carbocycles. The summed E-state index contributed by atoms with van der Waals surface area (Å²) in [5.74, 6) is 0. The highest BCUT2D eigenvalue weighted by atomic mass is 16.6. The summed E-state index contributed by atoms with van der Waals surface area (Å²) in [5.41, 5.74) is 0.737. The standard InChI is InChI=1S/C26H24O6/c1-26(23(30-17-27)20-11-5-2-6-12-20,24(31-18-28)21-13-7-3-8-14-21)25(32-19-29)22-15-9-4-10-16-22/h2-19,23-25H,1H3. The van der Waals surface area contributed by atoms with Crippen LogP contribution in [-0.4, -0.2) is 19.4 Å². The second-order valence-corrected chi connectivity index (χ2v) is 7.44. The zero-order valence-corrected chi connectivity index (χ0v) is 17.6. The van der Waals surface area contributed by atoms with Gasteiger partial charge in [0.1, 0.15) is 18.3 Å². The topological polar surface area (TPSA) is 78.9 Å². The lowest BCUT2D eigenvalue weighted by Crippen LogP contribution is -2.42. The molecule has 0 spiro atoms. The molecule has 0 aliphatic heterocycles. The van der Waals surface area contributed by atoms with Gasteiger partial charge in [0.15, 0.2) is 0 Å². The van der Waals surface area contributed by atoms with Gasteiger partial charge in [0.2, 0.25) is 0 Å². The Balaban J connectivity index is 2.30. The van der Waals surface area contributed by atoms with Crippen molar-refractivity contribution in [3.8, 4) is 0 Å². The van der Waals surface area contributed by atoms with Crippen molar-refractivity contribution >= 4 is 19.4 Å². The molecule has 3 rings (SSSR count). The molecule has 6 heteroatoms. The molecule has 0 heterocycles. The Labute approximate surface area is 186 Å². The Morgan fingerprint density at radius 1 is 0.531 bits per heavy atom. The van der Waals surface area contributed by atoms with Gasteiger partial charge in [0.25, 0.3) is 19.4 Å². The van der Waals surface area contributed by atoms with Crippen LogP contribution in [0.25, 0.3) is 0 Å². The number of hydrogen-bond donors (Lipinski definition) is 0. The largest absolute Gasteiger partial charge is 0.459 e. The van der Waals surface area contributed by atoms with Crippen LogP contribution < -0.4 is 0 Å². The monoisotopic (exact) mass is 432 g/mol. The predicted octanol–water partition coefficient (Wildman–Crippen LogP) is 4.74. The number of ether oxygens (including phenoxy) is 3. The maximum absolute atomic E-state index is 11.6. The maximum atomic E-state index is 11.6. The third kappa shape index (κ3) is 4.70. The van der Waals surface area contributed by atoms with Crippen molar-refractivity contribution in [1.29, 1.82) is 0 Å². The van der Waals surface area contributed by atoms with Crippen molar-refractivity contribution in [2.24, 2.45) is 5.41 Å². The highest BCUT2D eigenvalue weighted by Crippen LogP contribution is 2.56. The van der Waals surface area contributed by atoms with Crippen molar-refractivity contribution in [3.63, 3.8) is 0 Å². The fraction of sp³-hybridized carbons (Fsp3) is 0.192. The molecule has 164 valence electrons. The number of benzene rings is 3. The SMILES string of the molecule is CC(C(OC=O)c1ccccc1)(C(OC=O)c1ccccc1)C(OC=O)c1ccccc1. The van der Waals surface area contributed by atoms with E-state index in [1.54, 1.807) is 43.3 Å². The molecule has 0 aromatic heterocycles. The first-order valence-corrected chi connectivity index (χ1v) is 10.1. The Bertz CT molecular complexity index is 861. The lowest BCUT2D eigenvalue weighted by molar-refractivity contribution is -0.187. The maximum Gasteiger partial charge on any atom is 0.293 e. The zero-order chi connectivity index (χ0) is 22.8. The zero-order valence-electron chi connectivity index (χ0n) is 17.6. The fourth-order valence-electron chi connectivity index (χ4n) is 4.22. The van der Waals surface area contributed by atoms with Gasteiger partial charge in [0, 0.05) is 0 Å². The van der Waals surface area contributed by atoms with E-state index in [2.05, 4.69) is 0 Å². The van der Waals surface area contributed by atoms with E-state index >= 15 is 0 Å². The van der Waals surface area contributed by atoms with Gasteiger partial charge in [-0.05, 0) is 23.6 Å². The average Bonchev–Trinajstić information content (AvgIpc) is 2.85. The van der Waals surface area contributed by atoms with Gasteiger partial charge in [-0.1, -0.05) is 91.0 Å². The molecule has 3 unspecified atom stereocenters. The molecular weight excluding hydrogens is 408 g/mol. The molecule has 0 fully saturated rings. The minimum Gasteiger partial charge on any atom is -0.459 e. The van der Waals surface area contributed by atoms with Gasteiger partial charge >= 0.3 is 0 Å². The van der Waals surface area contributed by atoms with Crippen LogP contribution in [0.2, 0.25) is 0 Å². The van der Waals surface area contributed by atoms with Gasteiger partial charge in [0.05, 0.1) is 5.41 Å². The van der Waals surface area contributed by atoms with Crippen LogP contribution in [0.5, 0.6) is 0 Å². The quantitative estimate of drug-likeness (QED) is 0.304. The molecule has 0 N–H and O–H groups in total. The van der Waals surface area contributed by atoms with Crippen molar-refractivity contribution in [1.82, 2.24) is 0 Å². The Morgan fingerprint density at radius 2 is 0.781 bits per heavy atom. The van der Waals surface area contributed by atoms with E-state index in [9.17, 15) is 14.4 Å². The molecule has 0 radical (unpaired) electrons. The summed E-state index contributed by atoms with van der Waals surface area (Å²) < 4.78 is 16.9. The average molecular weight is 432 g/mol. The Kier molecular flexibility index (Phi) is 7.75. The minimum atomic E-state index is -1.24. The number of carbonyl (C=O) groups is 3. The van der Waals surface area contributed by atoms with Crippen molar-refractivity contribution in [3.05, 3.63) is 108 Å². The lowest BCUT2D eigenvalue weighted by Gasteiger charge is -2.45. The molecule has 3 atom stereocenters. The van der Waals surface area contributed by atoms with E-state index < -0.39 is 23.7 Å². The van der Waals surface area contributed by atoms with Crippen LogP contribution in [0.3, 0.4) is 0 Å².